The molecular formula is C9H11K3. The summed E-state index contributed by atoms with van der Waals surface area (Å²) in [4.78, 5) is 0. The predicted octanol–water partition coefficient (Wildman–Crippen LogP) is -1.35. The van der Waals surface area contributed by atoms with Crippen molar-refractivity contribution in [3.05, 3.63) is 34.9 Å². The largest absolute Gasteiger partial charge is 1.00 e. The molecule has 0 aromatic heterocycles. The van der Waals surface area contributed by atoms with E-state index in [1.807, 2.05) is 6.07 Å². The van der Waals surface area contributed by atoms with Crippen LogP contribution in [-0.2, 0) is 0 Å². The quantitative estimate of drug-likeness (QED) is 0.386. The Hall–Kier alpha value is 4.13. The average Bonchev–Trinajstić information content (AvgIpc) is 1.80. The molecule has 0 saturated heterocycles. The summed E-state index contributed by atoms with van der Waals surface area (Å²) in [6, 6.07) is 7.32. The van der Waals surface area contributed by atoms with E-state index in [-0.39, 0.29) is 154 Å². The Morgan fingerprint density at radius 2 is 1.50 bits per heavy atom. The number of aryl methyl sites for hydroxylation is 3. The van der Waals surface area contributed by atoms with Crippen molar-refractivity contribution >= 4 is 103 Å². The molecule has 0 aliphatic rings. The molecular weight excluding hydrogens is 225 g/mol. The molecule has 1 aromatic rings. The molecule has 0 N–H and O–H groups in total. The first-order chi connectivity index (χ1) is 4.20. The van der Waals surface area contributed by atoms with Crippen molar-refractivity contribution in [1.82, 2.24) is 0 Å². The second-order valence-electron chi connectivity index (χ2n) is 2.48. The van der Waals surface area contributed by atoms with Crippen LogP contribution in [0, 0.1) is 26.8 Å². The fourth-order valence-corrected chi connectivity index (χ4v) is 0.816. The minimum absolute atomic E-state index is 0. The van der Waals surface area contributed by atoms with Gasteiger partial charge in [0.1, 0.15) is 0 Å². The second kappa shape index (κ2) is 11.6. The summed E-state index contributed by atoms with van der Waals surface area (Å²) in [6.45, 7) is 6.29. The van der Waals surface area contributed by atoms with E-state index in [4.69, 9.17) is 0 Å². The first-order valence-corrected chi connectivity index (χ1v) is 3.15. The Labute approximate surface area is 203 Å². The van der Waals surface area contributed by atoms with Crippen LogP contribution in [-0.4, -0.2) is 103 Å². The van der Waals surface area contributed by atoms with Crippen molar-refractivity contribution in [2.45, 2.75) is 20.8 Å². The third kappa shape index (κ3) is 8.30. The molecule has 0 atom stereocenters. The summed E-state index contributed by atoms with van der Waals surface area (Å²) in [5.41, 5.74) is 3.89. The van der Waals surface area contributed by atoms with E-state index < -0.39 is 0 Å². The van der Waals surface area contributed by atoms with Crippen LogP contribution in [0.15, 0.2) is 12.1 Å². The van der Waals surface area contributed by atoms with Gasteiger partial charge < -0.3 is 0 Å². The zero-order valence-corrected chi connectivity index (χ0v) is 18.5. The Kier molecular flexibility index (Phi) is 20.7. The van der Waals surface area contributed by atoms with Gasteiger partial charge >= 0.3 is 51.4 Å². The van der Waals surface area contributed by atoms with Gasteiger partial charge in [-0.2, -0.15) is 34.9 Å². The minimum atomic E-state index is 0. The van der Waals surface area contributed by atoms with Crippen molar-refractivity contribution in [1.29, 1.82) is 0 Å². The van der Waals surface area contributed by atoms with Crippen molar-refractivity contribution < 1.29 is 51.4 Å². The van der Waals surface area contributed by atoms with Gasteiger partial charge in [0.15, 0.2) is 0 Å². The van der Waals surface area contributed by atoms with Crippen molar-refractivity contribution in [2.24, 2.45) is 0 Å². The summed E-state index contributed by atoms with van der Waals surface area (Å²) in [7, 11) is 0. The molecule has 0 bridgehead atoms. The van der Waals surface area contributed by atoms with Gasteiger partial charge in [0.05, 0.1) is 0 Å². The molecule has 1 aromatic carbocycles. The Balaban J connectivity index is -0.000000270. The zero-order valence-electron chi connectivity index (χ0n) is 9.15. The summed E-state index contributed by atoms with van der Waals surface area (Å²) in [5, 5.41) is 0. The van der Waals surface area contributed by atoms with Gasteiger partial charge in [-0.15, -0.1) is 0 Å². The molecule has 12 heavy (non-hydrogen) atoms. The maximum Gasteiger partial charge on any atom is 1.00 e. The molecule has 2 radical (unpaired) electrons. The van der Waals surface area contributed by atoms with Gasteiger partial charge in [0, 0.05) is 103 Å². The topological polar surface area (TPSA) is 0 Å². The molecule has 0 aliphatic carbocycles. The predicted molar refractivity (Wildman–Crippen MR) is 51.0 cm³/mol. The molecule has 0 saturated carbocycles. The second-order valence-corrected chi connectivity index (χ2v) is 2.48. The van der Waals surface area contributed by atoms with Crippen molar-refractivity contribution in [2.75, 3.05) is 0 Å². The van der Waals surface area contributed by atoms with E-state index in [0.717, 1.165) is 0 Å². The fourth-order valence-electron chi connectivity index (χ4n) is 0.816. The first kappa shape index (κ1) is 21.4. The smallest absolute Gasteiger partial charge is 0.180 e. The van der Waals surface area contributed by atoms with Crippen LogP contribution in [0.2, 0.25) is 0 Å². The van der Waals surface area contributed by atoms with Gasteiger partial charge in [-0.1, -0.05) is 20.8 Å². The SMILES string of the molecule is Cc1[c-]cc(C)c(C)c1.[K+].[K].[K]. The van der Waals surface area contributed by atoms with Crippen LogP contribution in [0.3, 0.4) is 0 Å². The van der Waals surface area contributed by atoms with Gasteiger partial charge in [0.2, 0.25) is 0 Å². The average molecular weight is 236 g/mol. The van der Waals surface area contributed by atoms with Gasteiger partial charge in [-0.3, -0.25) is 0 Å². The minimum Gasteiger partial charge on any atom is -0.180 e. The number of hydrogen-bond acceptors (Lipinski definition) is 0. The van der Waals surface area contributed by atoms with Crippen LogP contribution in [0.4, 0.5) is 0 Å². The normalized spacial score (nSPS) is 7.25. The van der Waals surface area contributed by atoms with Crippen molar-refractivity contribution in [3.8, 4) is 0 Å². The van der Waals surface area contributed by atoms with Crippen LogP contribution in [0.5, 0.6) is 0 Å². The van der Waals surface area contributed by atoms with E-state index in [0.29, 0.717) is 0 Å². The number of benzene rings is 1. The summed E-state index contributed by atoms with van der Waals surface area (Å²) in [6.07, 6.45) is 0. The molecule has 50 valence electrons. The Morgan fingerprint density at radius 1 is 1.00 bits per heavy atom. The van der Waals surface area contributed by atoms with Crippen molar-refractivity contribution in [3.63, 3.8) is 0 Å². The van der Waals surface area contributed by atoms with Crippen LogP contribution in [0.25, 0.3) is 0 Å². The Bertz CT molecular complexity index is 221. The maximum atomic E-state index is 3.14. The van der Waals surface area contributed by atoms with Gasteiger partial charge in [0.25, 0.3) is 0 Å². The molecule has 1 rings (SSSR count). The van der Waals surface area contributed by atoms with Crippen LogP contribution >= 0.6 is 0 Å². The van der Waals surface area contributed by atoms with E-state index in [1.165, 1.54) is 16.7 Å². The zero-order chi connectivity index (χ0) is 6.85. The maximum absolute atomic E-state index is 3.14. The van der Waals surface area contributed by atoms with E-state index in [9.17, 15) is 0 Å². The third-order valence-corrected chi connectivity index (χ3v) is 1.57. The number of hydrogen-bond donors (Lipinski definition) is 0. The van der Waals surface area contributed by atoms with Crippen LogP contribution in [0.1, 0.15) is 16.7 Å². The molecule has 0 unspecified atom stereocenters. The Morgan fingerprint density at radius 3 is 1.83 bits per heavy atom. The van der Waals surface area contributed by atoms with Gasteiger partial charge in [-0.25, -0.2) is 0 Å². The fraction of sp³-hybridized carbons (Fsp3) is 0.333. The van der Waals surface area contributed by atoms with E-state index in [1.54, 1.807) is 0 Å². The van der Waals surface area contributed by atoms with E-state index >= 15 is 0 Å². The monoisotopic (exact) mass is 236 g/mol. The molecule has 0 amide bonds. The number of rotatable bonds is 0. The van der Waals surface area contributed by atoms with E-state index in [2.05, 4.69) is 32.9 Å². The molecule has 0 spiro atoms. The first-order valence-electron chi connectivity index (χ1n) is 3.15. The standard InChI is InChI=1S/C9H11.3K/c1-7-4-5-8(2)9(3)6-7;;;/h5-6H,1-3H3;;;/q-1;;;+1. The molecule has 0 nitrogen and oxygen atoms in total. The van der Waals surface area contributed by atoms with Crippen LogP contribution < -0.4 is 51.4 Å². The molecule has 0 aliphatic heterocycles. The summed E-state index contributed by atoms with van der Waals surface area (Å²) >= 11 is 0. The third-order valence-electron chi connectivity index (χ3n) is 1.57. The molecule has 3 heteroatoms. The summed E-state index contributed by atoms with van der Waals surface area (Å²) in [5.74, 6) is 0. The van der Waals surface area contributed by atoms with Gasteiger partial charge in [-0.05, 0) is 0 Å². The molecule has 0 heterocycles. The molecule has 0 fully saturated rings. The summed E-state index contributed by atoms with van der Waals surface area (Å²) < 4.78 is 0.